The Kier molecular flexibility index (Phi) is 3.23. The fraction of sp³-hybridized carbons (Fsp3) is 0.333. The third-order valence-electron chi connectivity index (χ3n) is 2.13. The highest BCUT2D eigenvalue weighted by Gasteiger charge is 2.12. The lowest BCUT2D eigenvalue weighted by Crippen LogP contribution is -2.09. The molecular formula is C9H10BrN5O2. The van der Waals surface area contributed by atoms with Gasteiger partial charge in [-0.1, -0.05) is 0 Å². The molecule has 7 nitrogen and oxygen atoms in total. The molecule has 2 N–H and O–H groups in total. The number of ether oxygens (including phenoxy) is 1. The maximum absolute atomic E-state index is 10.7. The average molecular weight is 300 g/mol. The van der Waals surface area contributed by atoms with Crippen LogP contribution in [0.3, 0.4) is 0 Å². The standard InChI is InChI=1S/C9H10BrN5O2/c1-5(16)17-3-2-15-8-6(14-9(15)10)7(11)12-4-13-8/h4H,2-3H2,1H3,(H2,11,12,13). The quantitative estimate of drug-likeness (QED) is 0.663. The van der Waals surface area contributed by atoms with Gasteiger partial charge in [0, 0.05) is 6.92 Å². The largest absolute Gasteiger partial charge is 0.464 e. The molecule has 0 aliphatic heterocycles. The second-order valence-electron chi connectivity index (χ2n) is 3.30. The Labute approximate surface area is 105 Å². The maximum Gasteiger partial charge on any atom is 0.302 e. The Bertz CT molecular complexity index is 568. The summed E-state index contributed by atoms with van der Waals surface area (Å²) in [6, 6.07) is 0. The van der Waals surface area contributed by atoms with Crippen LogP contribution in [0.25, 0.3) is 11.2 Å². The van der Waals surface area contributed by atoms with Gasteiger partial charge >= 0.3 is 5.97 Å². The van der Waals surface area contributed by atoms with Gasteiger partial charge in [0.2, 0.25) is 0 Å². The molecule has 0 saturated carbocycles. The van der Waals surface area contributed by atoms with Gasteiger partial charge in [-0.3, -0.25) is 9.36 Å². The Hall–Kier alpha value is -1.70. The molecular weight excluding hydrogens is 290 g/mol. The molecule has 0 saturated heterocycles. The van der Waals surface area contributed by atoms with Gasteiger partial charge in [-0.2, -0.15) is 0 Å². The molecule has 17 heavy (non-hydrogen) atoms. The minimum Gasteiger partial charge on any atom is -0.464 e. The van der Waals surface area contributed by atoms with Crippen molar-refractivity contribution in [2.75, 3.05) is 12.3 Å². The number of anilines is 1. The minimum absolute atomic E-state index is 0.253. The summed E-state index contributed by atoms with van der Waals surface area (Å²) in [5.41, 5.74) is 6.82. The first kappa shape index (κ1) is 11.8. The molecule has 90 valence electrons. The number of fused-ring (bicyclic) bond motifs is 1. The molecule has 8 heteroatoms. The summed E-state index contributed by atoms with van der Waals surface area (Å²) in [5, 5.41) is 0. The van der Waals surface area contributed by atoms with Crippen molar-refractivity contribution >= 4 is 38.9 Å². The molecule has 0 fully saturated rings. The highest BCUT2D eigenvalue weighted by Crippen LogP contribution is 2.20. The van der Waals surface area contributed by atoms with E-state index in [0.717, 1.165) is 0 Å². The van der Waals surface area contributed by atoms with E-state index in [1.807, 2.05) is 0 Å². The van der Waals surface area contributed by atoms with E-state index in [-0.39, 0.29) is 12.6 Å². The summed E-state index contributed by atoms with van der Waals surface area (Å²) in [6.07, 6.45) is 1.37. The van der Waals surface area contributed by atoms with Crippen molar-refractivity contribution in [2.24, 2.45) is 0 Å². The highest BCUT2D eigenvalue weighted by molar-refractivity contribution is 9.10. The number of halogens is 1. The number of imidazole rings is 1. The molecule has 0 aliphatic rings. The zero-order valence-electron chi connectivity index (χ0n) is 9.05. The molecule has 0 radical (unpaired) electrons. The third-order valence-corrected chi connectivity index (χ3v) is 2.74. The van der Waals surface area contributed by atoms with Crippen molar-refractivity contribution in [3.8, 4) is 0 Å². The van der Waals surface area contributed by atoms with Crippen LogP contribution in [-0.4, -0.2) is 32.1 Å². The van der Waals surface area contributed by atoms with E-state index in [1.165, 1.54) is 13.3 Å². The van der Waals surface area contributed by atoms with E-state index in [4.69, 9.17) is 10.5 Å². The lowest BCUT2D eigenvalue weighted by molar-refractivity contribution is -0.141. The zero-order chi connectivity index (χ0) is 12.4. The summed E-state index contributed by atoms with van der Waals surface area (Å²) < 4.78 is 7.20. The van der Waals surface area contributed by atoms with Crippen LogP contribution < -0.4 is 5.73 Å². The molecule has 2 aromatic rings. The first-order valence-corrected chi connectivity index (χ1v) is 5.64. The second kappa shape index (κ2) is 4.66. The fourth-order valence-electron chi connectivity index (χ4n) is 1.41. The molecule has 0 unspecified atom stereocenters. The molecule has 0 atom stereocenters. The lowest BCUT2D eigenvalue weighted by Gasteiger charge is -2.05. The van der Waals surface area contributed by atoms with Crippen LogP contribution in [0.5, 0.6) is 0 Å². The van der Waals surface area contributed by atoms with Gasteiger partial charge in [-0.05, 0) is 15.9 Å². The highest BCUT2D eigenvalue weighted by atomic mass is 79.9. The van der Waals surface area contributed by atoms with E-state index in [2.05, 4.69) is 30.9 Å². The molecule has 2 heterocycles. The predicted molar refractivity (Wildman–Crippen MR) is 64.1 cm³/mol. The summed E-state index contributed by atoms with van der Waals surface area (Å²) in [6.45, 7) is 2.07. The monoisotopic (exact) mass is 299 g/mol. The van der Waals surface area contributed by atoms with Crippen molar-refractivity contribution in [3.63, 3.8) is 0 Å². The molecule has 0 amide bonds. The second-order valence-corrected chi connectivity index (χ2v) is 4.01. The van der Waals surface area contributed by atoms with Crippen molar-refractivity contribution < 1.29 is 9.53 Å². The Morgan fingerprint density at radius 3 is 3.06 bits per heavy atom. The van der Waals surface area contributed by atoms with Crippen LogP contribution in [-0.2, 0) is 16.1 Å². The van der Waals surface area contributed by atoms with E-state index in [0.29, 0.717) is 28.3 Å². The number of aromatic nitrogens is 4. The predicted octanol–water partition coefficient (Wildman–Crippen LogP) is 0.734. The SMILES string of the molecule is CC(=O)OCCn1c(Br)nc2c(N)ncnc21. The summed E-state index contributed by atoms with van der Waals surface area (Å²) in [7, 11) is 0. The van der Waals surface area contributed by atoms with Gasteiger partial charge < -0.3 is 10.5 Å². The number of esters is 1. The maximum atomic E-state index is 10.7. The Morgan fingerprint density at radius 1 is 1.59 bits per heavy atom. The van der Waals surface area contributed by atoms with Crippen LogP contribution in [0, 0.1) is 0 Å². The normalized spacial score (nSPS) is 10.7. The van der Waals surface area contributed by atoms with Gasteiger partial charge in [0.1, 0.15) is 12.9 Å². The number of nitrogens with two attached hydrogens (primary N) is 1. The number of carbonyl (C=O) groups excluding carboxylic acids is 1. The average Bonchev–Trinajstić information content (AvgIpc) is 2.57. The number of rotatable bonds is 3. The molecule has 0 aromatic carbocycles. The smallest absolute Gasteiger partial charge is 0.302 e. The summed E-state index contributed by atoms with van der Waals surface area (Å²) in [4.78, 5) is 22.8. The fourth-order valence-corrected chi connectivity index (χ4v) is 1.93. The van der Waals surface area contributed by atoms with Gasteiger partial charge in [-0.25, -0.2) is 15.0 Å². The van der Waals surface area contributed by atoms with E-state index < -0.39 is 0 Å². The van der Waals surface area contributed by atoms with Crippen LogP contribution in [0.15, 0.2) is 11.1 Å². The molecule has 2 rings (SSSR count). The first-order valence-electron chi connectivity index (χ1n) is 4.85. The van der Waals surface area contributed by atoms with Crippen molar-refractivity contribution in [1.29, 1.82) is 0 Å². The zero-order valence-corrected chi connectivity index (χ0v) is 10.6. The number of nitrogen functional groups attached to an aromatic ring is 1. The minimum atomic E-state index is -0.320. The molecule has 0 bridgehead atoms. The van der Waals surface area contributed by atoms with Gasteiger partial charge in [0.25, 0.3) is 0 Å². The molecule has 2 aromatic heterocycles. The first-order chi connectivity index (χ1) is 8.09. The van der Waals surface area contributed by atoms with Gasteiger partial charge in [0.15, 0.2) is 21.7 Å². The van der Waals surface area contributed by atoms with E-state index in [9.17, 15) is 4.79 Å². The topological polar surface area (TPSA) is 95.9 Å². The van der Waals surface area contributed by atoms with Gasteiger partial charge in [0.05, 0.1) is 6.54 Å². The van der Waals surface area contributed by atoms with Crippen molar-refractivity contribution in [2.45, 2.75) is 13.5 Å². The van der Waals surface area contributed by atoms with Crippen molar-refractivity contribution in [1.82, 2.24) is 19.5 Å². The number of hydrogen-bond donors (Lipinski definition) is 1. The van der Waals surface area contributed by atoms with Gasteiger partial charge in [-0.15, -0.1) is 0 Å². The number of carbonyl (C=O) groups is 1. The third kappa shape index (κ3) is 2.36. The number of nitrogens with zero attached hydrogens (tertiary/aromatic N) is 4. The van der Waals surface area contributed by atoms with Crippen LogP contribution in [0.2, 0.25) is 0 Å². The summed E-state index contributed by atoms with van der Waals surface area (Å²) in [5.74, 6) is 0.00150. The van der Waals surface area contributed by atoms with Crippen LogP contribution in [0.4, 0.5) is 5.82 Å². The van der Waals surface area contributed by atoms with Crippen LogP contribution >= 0.6 is 15.9 Å². The molecule has 0 aliphatic carbocycles. The Balaban J connectivity index is 2.30. The molecule has 0 spiro atoms. The summed E-state index contributed by atoms with van der Waals surface area (Å²) >= 11 is 3.30. The number of hydrogen-bond acceptors (Lipinski definition) is 6. The van der Waals surface area contributed by atoms with Crippen LogP contribution in [0.1, 0.15) is 6.92 Å². The Morgan fingerprint density at radius 2 is 2.35 bits per heavy atom. The lowest BCUT2D eigenvalue weighted by atomic mass is 10.5. The van der Waals surface area contributed by atoms with Crippen molar-refractivity contribution in [3.05, 3.63) is 11.1 Å². The van der Waals surface area contributed by atoms with E-state index in [1.54, 1.807) is 4.57 Å². The van der Waals surface area contributed by atoms with E-state index >= 15 is 0 Å².